The molecule has 142 valence electrons. The lowest BCUT2D eigenvalue weighted by molar-refractivity contribution is 0.0789. The van der Waals surface area contributed by atoms with Crippen molar-refractivity contribution in [3.63, 3.8) is 0 Å². The van der Waals surface area contributed by atoms with Crippen LogP contribution in [0.3, 0.4) is 0 Å². The van der Waals surface area contributed by atoms with Crippen molar-refractivity contribution in [1.82, 2.24) is 10.2 Å². The maximum atomic E-state index is 12.4. The average molecular weight is 371 g/mol. The van der Waals surface area contributed by atoms with Crippen molar-refractivity contribution in [2.75, 3.05) is 18.9 Å². The van der Waals surface area contributed by atoms with Crippen molar-refractivity contribution in [3.05, 3.63) is 29.8 Å². The number of carbonyl (C=O) groups is 2. The number of carbonyl (C=O) groups excluding carboxylic acids is 2. The first-order valence-corrected chi connectivity index (χ1v) is 8.39. The second kappa shape index (κ2) is 10.9. The van der Waals surface area contributed by atoms with E-state index in [1.807, 2.05) is 13.8 Å². The fourth-order valence-electron chi connectivity index (χ4n) is 2.12. The van der Waals surface area contributed by atoms with Gasteiger partial charge in [0.2, 0.25) is 0 Å². The van der Waals surface area contributed by atoms with E-state index in [0.717, 1.165) is 6.42 Å². The second-order valence-electron chi connectivity index (χ2n) is 6.75. The lowest BCUT2D eigenvalue weighted by Crippen LogP contribution is -2.35. The number of rotatable bonds is 7. The molecule has 25 heavy (non-hydrogen) atoms. The van der Waals surface area contributed by atoms with Crippen molar-refractivity contribution in [2.24, 2.45) is 11.7 Å². The molecule has 0 aliphatic heterocycles. The number of hydrogen-bond acceptors (Lipinski definition) is 3. The number of nitrogens with two attached hydrogens (primary N) is 1. The molecule has 4 N–H and O–H groups in total. The third-order valence-electron chi connectivity index (χ3n) is 3.81. The molecule has 0 heterocycles. The van der Waals surface area contributed by atoms with E-state index in [1.54, 1.807) is 36.2 Å². The number of amides is 3. The Morgan fingerprint density at radius 3 is 2.16 bits per heavy atom. The van der Waals surface area contributed by atoms with E-state index in [-0.39, 0.29) is 36.4 Å². The van der Waals surface area contributed by atoms with Crippen molar-refractivity contribution in [2.45, 2.75) is 46.2 Å². The smallest absolute Gasteiger partial charge is 0.319 e. The molecule has 1 unspecified atom stereocenters. The number of urea groups is 1. The quantitative estimate of drug-likeness (QED) is 0.689. The van der Waals surface area contributed by atoms with E-state index in [9.17, 15) is 9.59 Å². The van der Waals surface area contributed by atoms with E-state index < -0.39 is 0 Å². The highest BCUT2D eigenvalue weighted by Crippen LogP contribution is 2.12. The van der Waals surface area contributed by atoms with Gasteiger partial charge in [-0.1, -0.05) is 13.8 Å². The van der Waals surface area contributed by atoms with Crippen LogP contribution in [0.15, 0.2) is 24.3 Å². The van der Waals surface area contributed by atoms with E-state index in [4.69, 9.17) is 5.73 Å². The molecule has 1 aromatic rings. The van der Waals surface area contributed by atoms with Crippen LogP contribution in [0.25, 0.3) is 0 Å². The van der Waals surface area contributed by atoms with Crippen LogP contribution >= 0.6 is 12.4 Å². The largest absolute Gasteiger partial charge is 0.342 e. The highest BCUT2D eigenvalue weighted by atomic mass is 35.5. The zero-order valence-corrected chi connectivity index (χ0v) is 16.5. The Balaban J connectivity index is 0.00000576. The fourth-order valence-corrected chi connectivity index (χ4v) is 2.12. The van der Waals surface area contributed by atoms with Crippen molar-refractivity contribution in [3.8, 4) is 0 Å². The molecule has 0 aromatic heterocycles. The Morgan fingerprint density at radius 2 is 1.68 bits per heavy atom. The zero-order valence-electron chi connectivity index (χ0n) is 15.7. The maximum Gasteiger partial charge on any atom is 0.319 e. The minimum absolute atomic E-state index is 0. The van der Waals surface area contributed by atoms with E-state index in [0.29, 0.717) is 23.7 Å². The van der Waals surface area contributed by atoms with Crippen LogP contribution in [0, 0.1) is 5.92 Å². The summed E-state index contributed by atoms with van der Waals surface area (Å²) in [5.74, 6) is 0.347. The van der Waals surface area contributed by atoms with Gasteiger partial charge in [-0.2, -0.15) is 0 Å². The van der Waals surface area contributed by atoms with Crippen LogP contribution in [0.4, 0.5) is 10.5 Å². The summed E-state index contributed by atoms with van der Waals surface area (Å²) in [7, 11) is 1.78. The minimum atomic E-state index is -0.260. The Labute approximate surface area is 156 Å². The summed E-state index contributed by atoms with van der Waals surface area (Å²) in [6.07, 6.45) is 0.773. The van der Waals surface area contributed by atoms with Gasteiger partial charge in [0.1, 0.15) is 0 Å². The van der Waals surface area contributed by atoms with Gasteiger partial charge in [-0.05, 0) is 50.5 Å². The van der Waals surface area contributed by atoms with Crippen LogP contribution < -0.4 is 16.4 Å². The van der Waals surface area contributed by atoms with Crippen LogP contribution in [-0.2, 0) is 0 Å². The number of anilines is 1. The molecular weight excluding hydrogens is 340 g/mol. The Kier molecular flexibility index (Phi) is 10.2. The predicted octanol–water partition coefficient (Wildman–Crippen LogP) is 3.08. The average Bonchev–Trinajstić information content (AvgIpc) is 2.51. The summed E-state index contributed by atoms with van der Waals surface area (Å²) in [6, 6.07) is 6.77. The van der Waals surface area contributed by atoms with Crippen LogP contribution in [0.2, 0.25) is 0 Å². The van der Waals surface area contributed by atoms with Gasteiger partial charge in [-0.15, -0.1) is 12.4 Å². The van der Waals surface area contributed by atoms with Gasteiger partial charge in [-0.25, -0.2) is 4.79 Å². The molecule has 7 heteroatoms. The van der Waals surface area contributed by atoms with Crippen LogP contribution in [0.5, 0.6) is 0 Å². The van der Waals surface area contributed by atoms with Gasteiger partial charge in [0.15, 0.2) is 0 Å². The molecular formula is C18H31ClN4O2. The topological polar surface area (TPSA) is 87.5 Å². The lowest BCUT2D eigenvalue weighted by Gasteiger charge is -2.21. The molecule has 1 rings (SSSR count). The predicted molar refractivity (Wildman–Crippen MR) is 105 cm³/mol. The molecule has 0 aliphatic carbocycles. The third kappa shape index (κ3) is 8.23. The minimum Gasteiger partial charge on any atom is -0.342 e. The van der Waals surface area contributed by atoms with E-state index >= 15 is 0 Å². The summed E-state index contributed by atoms with van der Waals surface area (Å²) >= 11 is 0. The van der Waals surface area contributed by atoms with Crippen molar-refractivity contribution >= 4 is 30.0 Å². The molecule has 0 radical (unpaired) electrons. The maximum absolute atomic E-state index is 12.4. The summed E-state index contributed by atoms with van der Waals surface area (Å²) in [5, 5.41) is 5.48. The SMILES string of the molecule is CC(C)NC(=O)Nc1ccc(C(=O)N(C)CCC(N)C(C)C)cc1.Cl. The Morgan fingerprint density at radius 1 is 1.12 bits per heavy atom. The normalized spacial score (nSPS) is 11.7. The van der Waals surface area contributed by atoms with E-state index in [2.05, 4.69) is 24.5 Å². The molecule has 1 atom stereocenters. The lowest BCUT2D eigenvalue weighted by atomic mass is 10.0. The van der Waals surface area contributed by atoms with Gasteiger partial charge in [0.05, 0.1) is 0 Å². The molecule has 0 saturated heterocycles. The molecule has 0 spiro atoms. The molecule has 0 bridgehead atoms. The van der Waals surface area contributed by atoms with Crippen molar-refractivity contribution in [1.29, 1.82) is 0 Å². The number of nitrogens with one attached hydrogen (secondary N) is 2. The summed E-state index contributed by atoms with van der Waals surface area (Å²) in [4.78, 5) is 25.7. The zero-order chi connectivity index (χ0) is 18.3. The first-order chi connectivity index (χ1) is 11.2. The first kappa shape index (κ1) is 23.2. The van der Waals surface area contributed by atoms with Gasteiger partial charge in [0, 0.05) is 36.9 Å². The molecule has 6 nitrogen and oxygen atoms in total. The second-order valence-corrected chi connectivity index (χ2v) is 6.75. The number of nitrogens with zero attached hydrogens (tertiary/aromatic N) is 1. The highest BCUT2D eigenvalue weighted by molar-refractivity contribution is 5.95. The van der Waals surface area contributed by atoms with E-state index in [1.165, 1.54) is 0 Å². The summed E-state index contributed by atoms with van der Waals surface area (Å²) in [5.41, 5.74) is 7.26. The fraction of sp³-hybridized carbons (Fsp3) is 0.556. The summed E-state index contributed by atoms with van der Waals surface area (Å²) in [6.45, 7) is 8.56. The number of halogens is 1. The Hall–Kier alpha value is -1.79. The standard InChI is InChI=1S/C18H30N4O2.ClH/c1-12(2)16(19)10-11-22(5)17(23)14-6-8-15(9-7-14)21-18(24)20-13(3)4;/h6-9,12-13,16H,10-11,19H2,1-5H3,(H2,20,21,24);1H. The monoisotopic (exact) mass is 370 g/mol. The van der Waals surface area contributed by atoms with Gasteiger partial charge in [-0.3, -0.25) is 4.79 Å². The van der Waals surface area contributed by atoms with Crippen LogP contribution in [0.1, 0.15) is 44.5 Å². The Bertz CT molecular complexity index is 547. The number of hydrogen-bond donors (Lipinski definition) is 3. The molecule has 0 aliphatic rings. The van der Waals surface area contributed by atoms with Gasteiger partial charge >= 0.3 is 6.03 Å². The molecule has 0 fully saturated rings. The number of benzene rings is 1. The van der Waals surface area contributed by atoms with Gasteiger partial charge in [0.25, 0.3) is 5.91 Å². The van der Waals surface area contributed by atoms with Crippen LogP contribution in [-0.4, -0.2) is 42.5 Å². The first-order valence-electron chi connectivity index (χ1n) is 8.39. The molecule has 3 amide bonds. The highest BCUT2D eigenvalue weighted by Gasteiger charge is 2.14. The summed E-state index contributed by atoms with van der Waals surface area (Å²) < 4.78 is 0. The third-order valence-corrected chi connectivity index (χ3v) is 3.81. The molecule has 0 saturated carbocycles. The molecule has 1 aromatic carbocycles. The van der Waals surface area contributed by atoms with Crippen molar-refractivity contribution < 1.29 is 9.59 Å². The van der Waals surface area contributed by atoms with Gasteiger partial charge < -0.3 is 21.3 Å².